The van der Waals surface area contributed by atoms with Gasteiger partial charge in [-0.2, -0.15) is 0 Å². The highest BCUT2D eigenvalue weighted by Gasteiger charge is 2.00. The molecule has 0 radical (unpaired) electrons. The van der Waals surface area contributed by atoms with E-state index in [1.165, 1.54) is 0 Å². The van der Waals surface area contributed by atoms with Gasteiger partial charge in [-0.3, -0.25) is 0 Å². The largest absolute Gasteiger partial charge is 0.352 e. The van der Waals surface area contributed by atoms with Crippen molar-refractivity contribution in [1.29, 1.82) is 0 Å². The molecule has 4 heteroatoms. The molecule has 78 valence electrons. The number of aryl methyl sites for hydroxylation is 1. The summed E-state index contributed by atoms with van der Waals surface area (Å²) in [5.41, 5.74) is 1.96. The minimum absolute atomic E-state index is 0.415. The first-order valence-electron chi connectivity index (χ1n) is 4.38. The predicted octanol–water partition coefficient (Wildman–Crippen LogP) is 2.57. The summed E-state index contributed by atoms with van der Waals surface area (Å²) in [6.07, 6.45) is 5.10. The van der Waals surface area contributed by atoms with E-state index in [2.05, 4.69) is 16.6 Å². The second-order valence-electron chi connectivity index (χ2n) is 2.97. The van der Waals surface area contributed by atoms with Gasteiger partial charge >= 0.3 is 0 Å². The van der Waals surface area contributed by atoms with Crippen molar-refractivity contribution >= 4 is 34.6 Å². The SMILES string of the molecule is C#CCNC(=S)Nc1ccc(Cl)cc1C. The third-order valence-electron chi connectivity index (χ3n) is 1.79. The van der Waals surface area contributed by atoms with Gasteiger partial charge in [0.1, 0.15) is 0 Å². The van der Waals surface area contributed by atoms with Crippen LogP contribution in [0.1, 0.15) is 5.56 Å². The maximum absolute atomic E-state index is 5.83. The molecule has 0 amide bonds. The van der Waals surface area contributed by atoms with Crippen LogP contribution < -0.4 is 10.6 Å². The van der Waals surface area contributed by atoms with Gasteiger partial charge in [-0.15, -0.1) is 6.42 Å². The topological polar surface area (TPSA) is 24.1 Å². The molecule has 0 aliphatic heterocycles. The van der Waals surface area contributed by atoms with Gasteiger partial charge < -0.3 is 10.6 Å². The number of hydrogen-bond donors (Lipinski definition) is 2. The summed E-state index contributed by atoms with van der Waals surface area (Å²) in [6, 6.07) is 5.55. The molecule has 0 fully saturated rings. The quantitative estimate of drug-likeness (QED) is 0.612. The van der Waals surface area contributed by atoms with Crippen molar-refractivity contribution in [3.8, 4) is 12.3 Å². The van der Waals surface area contributed by atoms with Crippen LogP contribution in [-0.4, -0.2) is 11.7 Å². The summed E-state index contributed by atoms with van der Waals surface area (Å²) in [5, 5.41) is 7.13. The van der Waals surface area contributed by atoms with E-state index in [1.807, 2.05) is 19.1 Å². The van der Waals surface area contributed by atoms with Gasteiger partial charge in [0.25, 0.3) is 0 Å². The van der Waals surface area contributed by atoms with Crippen molar-refractivity contribution in [2.75, 3.05) is 11.9 Å². The van der Waals surface area contributed by atoms with E-state index in [4.69, 9.17) is 30.2 Å². The van der Waals surface area contributed by atoms with E-state index in [0.29, 0.717) is 16.7 Å². The number of halogens is 1. The summed E-state index contributed by atoms with van der Waals surface area (Å²) in [5.74, 6) is 2.45. The Kier molecular flexibility index (Phi) is 4.41. The van der Waals surface area contributed by atoms with Crippen LogP contribution in [0, 0.1) is 19.3 Å². The van der Waals surface area contributed by atoms with E-state index >= 15 is 0 Å². The number of terminal acetylenes is 1. The minimum Gasteiger partial charge on any atom is -0.352 e. The Morgan fingerprint density at radius 2 is 2.33 bits per heavy atom. The molecule has 1 rings (SSSR count). The van der Waals surface area contributed by atoms with E-state index in [0.717, 1.165) is 11.3 Å². The fourth-order valence-corrected chi connectivity index (χ4v) is 1.47. The van der Waals surface area contributed by atoms with Gasteiger partial charge in [0.2, 0.25) is 0 Å². The van der Waals surface area contributed by atoms with Crippen LogP contribution in [0.25, 0.3) is 0 Å². The number of rotatable bonds is 2. The Hall–Kier alpha value is -1.24. The number of thiocarbonyl (C=S) groups is 1. The van der Waals surface area contributed by atoms with Crippen molar-refractivity contribution in [1.82, 2.24) is 5.32 Å². The molecular weight excluding hydrogens is 228 g/mol. The van der Waals surface area contributed by atoms with Gasteiger partial charge in [-0.1, -0.05) is 17.5 Å². The molecule has 2 N–H and O–H groups in total. The highest BCUT2D eigenvalue weighted by atomic mass is 35.5. The zero-order valence-electron chi connectivity index (χ0n) is 8.30. The molecule has 0 aliphatic carbocycles. The molecular formula is C11H11ClN2S. The molecule has 0 unspecified atom stereocenters. The first-order chi connectivity index (χ1) is 7.13. The lowest BCUT2D eigenvalue weighted by Crippen LogP contribution is -2.28. The second kappa shape index (κ2) is 5.59. The van der Waals surface area contributed by atoms with Gasteiger partial charge in [0.15, 0.2) is 5.11 Å². The summed E-state index contributed by atoms with van der Waals surface area (Å²) < 4.78 is 0. The molecule has 0 spiro atoms. The summed E-state index contributed by atoms with van der Waals surface area (Å²) >= 11 is 10.9. The first-order valence-corrected chi connectivity index (χ1v) is 5.16. The minimum atomic E-state index is 0.415. The Morgan fingerprint density at radius 1 is 1.60 bits per heavy atom. The summed E-state index contributed by atoms with van der Waals surface area (Å²) in [4.78, 5) is 0. The zero-order chi connectivity index (χ0) is 11.3. The molecule has 0 saturated carbocycles. The van der Waals surface area contributed by atoms with Crippen molar-refractivity contribution < 1.29 is 0 Å². The lowest BCUT2D eigenvalue weighted by atomic mass is 10.2. The van der Waals surface area contributed by atoms with Crippen molar-refractivity contribution in [3.63, 3.8) is 0 Å². The summed E-state index contributed by atoms with van der Waals surface area (Å²) in [7, 11) is 0. The second-order valence-corrected chi connectivity index (χ2v) is 3.82. The van der Waals surface area contributed by atoms with Gasteiger partial charge in [0, 0.05) is 10.7 Å². The van der Waals surface area contributed by atoms with E-state index in [9.17, 15) is 0 Å². The fourth-order valence-electron chi connectivity index (χ4n) is 1.07. The number of hydrogen-bond acceptors (Lipinski definition) is 1. The molecule has 0 saturated heterocycles. The fraction of sp³-hybridized carbons (Fsp3) is 0.182. The van der Waals surface area contributed by atoms with Crippen molar-refractivity contribution in [3.05, 3.63) is 28.8 Å². The zero-order valence-corrected chi connectivity index (χ0v) is 9.88. The highest BCUT2D eigenvalue weighted by molar-refractivity contribution is 7.80. The van der Waals surface area contributed by atoms with Crippen LogP contribution in [0.5, 0.6) is 0 Å². The van der Waals surface area contributed by atoms with Crippen LogP contribution in [0.3, 0.4) is 0 Å². The summed E-state index contributed by atoms with van der Waals surface area (Å²) in [6.45, 7) is 2.37. The Morgan fingerprint density at radius 3 is 2.93 bits per heavy atom. The molecule has 1 aromatic carbocycles. The van der Waals surface area contributed by atoms with Crippen molar-refractivity contribution in [2.24, 2.45) is 0 Å². The van der Waals surface area contributed by atoms with Crippen LogP contribution in [-0.2, 0) is 0 Å². The van der Waals surface area contributed by atoms with E-state index in [-0.39, 0.29) is 0 Å². The van der Waals surface area contributed by atoms with Crippen LogP contribution in [0.2, 0.25) is 5.02 Å². The highest BCUT2D eigenvalue weighted by Crippen LogP contribution is 2.19. The van der Waals surface area contributed by atoms with Crippen LogP contribution in [0.15, 0.2) is 18.2 Å². The number of benzene rings is 1. The normalized spacial score (nSPS) is 9.13. The smallest absolute Gasteiger partial charge is 0.171 e. The lowest BCUT2D eigenvalue weighted by Gasteiger charge is -2.10. The Bertz CT molecular complexity index is 410. The van der Waals surface area contributed by atoms with Crippen LogP contribution in [0.4, 0.5) is 5.69 Å². The van der Waals surface area contributed by atoms with Gasteiger partial charge in [0.05, 0.1) is 6.54 Å². The maximum Gasteiger partial charge on any atom is 0.171 e. The monoisotopic (exact) mass is 238 g/mol. The molecule has 0 aliphatic rings. The number of nitrogens with one attached hydrogen (secondary N) is 2. The average molecular weight is 239 g/mol. The van der Waals surface area contributed by atoms with E-state index in [1.54, 1.807) is 6.07 Å². The van der Waals surface area contributed by atoms with Crippen LogP contribution >= 0.6 is 23.8 Å². The molecule has 0 atom stereocenters. The molecule has 2 nitrogen and oxygen atoms in total. The Labute approximate surface area is 100 Å². The first kappa shape index (κ1) is 11.8. The molecule has 0 heterocycles. The van der Waals surface area contributed by atoms with Gasteiger partial charge in [-0.05, 0) is 42.9 Å². The lowest BCUT2D eigenvalue weighted by molar-refractivity contribution is 1.08. The molecule has 15 heavy (non-hydrogen) atoms. The third kappa shape index (κ3) is 3.78. The Balaban J connectivity index is 2.65. The maximum atomic E-state index is 5.83. The predicted molar refractivity (Wildman–Crippen MR) is 69.2 cm³/mol. The average Bonchev–Trinajstić information content (AvgIpc) is 2.19. The van der Waals surface area contributed by atoms with Crippen molar-refractivity contribution in [2.45, 2.75) is 6.92 Å². The molecule has 1 aromatic rings. The van der Waals surface area contributed by atoms with E-state index < -0.39 is 0 Å². The molecule has 0 bridgehead atoms. The number of anilines is 1. The third-order valence-corrected chi connectivity index (χ3v) is 2.27. The molecule has 0 aromatic heterocycles. The van der Waals surface area contributed by atoms with Gasteiger partial charge in [-0.25, -0.2) is 0 Å². The standard InChI is InChI=1S/C11H11ClN2S/c1-3-6-13-11(15)14-10-5-4-9(12)7-8(10)2/h1,4-5,7H,6H2,2H3,(H2,13,14,15).